The second-order valence-electron chi connectivity index (χ2n) is 5.02. The Hall–Kier alpha value is -1.38. The molecule has 2 heteroatoms. The molecule has 1 aliphatic rings. The molecule has 0 spiro atoms. The molecule has 0 bridgehead atoms. The van der Waals surface area contributed by atoms with Gasteiger partial charge >= 0.3 is 0 Å². The van der Waals surface area contributed by atoms with Gasteiger partial charge in [0.05, 0.1) is 0 Å². The molecule has 0 N–H and O–H groups in total. The van der Waals surface area contributed by atoms with Gasteiger partial charge in [0.1, 0.15) is 0 Å². The molecule has 1 atom stereocenters. The quantitative estimate of drug-likeness (QED) is 0.784. The lowest BCUT2D eigenvalue weighted by Gasteiger charge is -2.22. The van der Waals surface area contributed by atoms with Gasteiger partial charge in [-0.1, -0.05) is 42.5 Å². The molecule has 98 valence electrons. The van der Waals surface area contributed by atoms with Crippen molar-refractivity contribution < 1.29 is 0 Å². The molecule has 1 aromatic carbocycles. The molecule has 1 aliphatic heterocycles. The summed E-state index contributed by atoms with van der Waals surface area (Å²) < 4.78 is 0. The minimum atomic E-state index is 0.631. The minimum Gasteiger partial charge on any atom is -0.293 e. The first kappa shape index (κ1) is 12.6. The molecule has 1 fully saturated rings. The second kappa shape index (κ2) is 6.18. The van der Waals surface area contributed by atoms with Crippen molar-refractivity contribution in [1.82, 2.24) is 4.90 Å². The molecule has 1 saturated heterocycles. The number of hydrogen-bond acceptors (Lipinski definition) is 2. The van der Waals surface area contributed by atoms with Crippen LogP contribution in [0, 0.1) is 0 Å². The summed E-state index contributed by atoms with van der Waals surface area (Å²) in [5, 5.41) is 4.48. The van der Waals surface area contributed by atoms with Gasteiger partial charge in [-0.15, -0.1) is 0 Å². The van der Waals surface area contributed by atoms with E-state index in [1.165, 1.54) is 30.5 Å². The van der Waals surface area contributed by atoms with Crippen LogP contribution in [-0.4, -0.2) is 18.0 Å². The molecule has 3 rings (SSSR count). The summed E-state index contributed by atoms with van der Waals surface area (Å²) in [7, 11) is 0. The Morgan fingerprint density at radius 3 is 2.89 bits per heavy atom. The number of nitrogens with zero attached hydrogens (tertiary/aromatic N) is 1. The highest BCUT2D eigenvalue weighted by atomic mass is 32.1. The summed E-state index contributed by atoms with van der Waals surface area (Å²) in [6.45, 7) is 2.27. The van der Waals surface area contributed by atoms with Gasteiger partial charge in [-0.25, -0.2) is 0 Å². The van der Waals surface area contributed by atoms with E-state index in [1.54, 1.807) is 11.3 Å². The van der Waals surface area contributed by atoms with Crippen molar-refractivity contribution in [3.05, 3.63) is 64.4 Å². The van der Waals surface area contributed by atoms with E-state index >= 15 is 0 Å². The summed E-state index contributed by atoms with van der Waals surface area (Å²) in [5.74, 6) is 0. The first-order chi connectivity index (χ1) is 9.43. The predicted octanol–water partition coefficient (Wildman–Crippen LogP) is 4.60. The van der Waals surface area contributed by atoms with Crippen LogP contribution in [0.4, 0.5) is 0 Å². The first-order valence-corrected chi connectivity index (χ1v) is 7.85. The van der Waals surface area contributed by atoms with Crippen molar-refractivity contribution in [3.8, 4) is 0 Å². The van der Waals surface area contributed by atoms with Crippen molar-refractivity contribution >= 4 is 17.4 Å². The molecular weight excluding hydrogens is 250 g/mol. The third-order valence-corrected chi connectivity index (χ3v) is 4.44. The van der Waals surface area contributed by atoms with Crippen LogP contribution in [-0.2, 0) is 0 Å². The van der Waals surface area contributed by atoms with E-state index < -0.39 is 0 Å². The van der Waals surface area contributed by atoms with Crippen molar-refractivity contribution in [1.29, 1.82) is 0 Å². The molecule has 2 heterocycles. The van der Waals surface area contributed by atoms with Crippen LogP contribution in [0.15, 0.2) is 53.2 Å². The van der Waals surface area contributed by atoms with Gasteiger partial charge in [0, 0.05) is 12.6 Å². The first-order valence-electron chi connectivity index (χ1n) is 6.91. The molecular formula is C17H19NS. The lowest BCUT2D eigenvalue weighted by molar-refractivity contribution is 0.286. The summed E-state index contributed by atoms with van der Waals surface area (Å²) in [6.07, 6.45) is 7.14. The highest BCUT2D eigenvalue weighted by Crippen LogP contribution is 2.32. The van der Waals surface area contributed by atoms with E-state index in [0.29, 0.717) is 6.04 Å². The Balaban J connectivity index is 1.62. The normalized spacial score (nSPS) is 20.3. The molecule has 0 amide bonds. The predicted molar refractivity (Wildman–Crippen MR) is 83.3 cm³/mol. The van der Waals surface area contributed by atoms with Crippen LogP contribution < -0.4 is 0 Å². The van der Waals surface area contributed by atoms with Crippen LogP contribution in [0.25, 0.3) is 6.08 Å². The smallest absolute Gasteiger partial charge is 0.0360 e. The molecule has 2 aromatic rings. The Morgan fingerprint density at radius 2 is 2.11 bits per heavy atom. The standard InChI is InChI=1S/C17H19NS/c1-2-6-15(7-3-1)8-4-11-18-12-5-9-17(18)16-10-13-19-14-16/h1-4,6-8,10,13-14,17H,5,9,11-12H2/b8-4-/t17-/m1/s1. The fourth-order valence-electron chi connectivity index (χ4n) is 2.78. The molecule has 19 heavy (non-hydrogen) atoms. The fourth-order valence-corrected chi connectivity index (χ4v) is 3.48. The second-order valence-corrected chi connectivity index (χ2v) is 5.80. The lowest BCUT2D eigenvalue weighted by atomic mass is 10.1. The topological polar surface area (TPSA) is 3.24 Å². The molecule has 0 aliphatic carbocycles. The van der Waals surface area contributed by atoms with Crippen LogP contribution in [0.5, 0.6) is 0 Å². The van der Waals surface area contributed by atoms with E-state index in [0.717, 1.165) is 6.54 Å². The largest absolute Gasteiger partial charge is 0.293 e. The van der Waals surface area contributed by atoms with E-state index in [1.807, 2.05) is 0 Å². The number of rotatable bonds is 4. The molecule has 1 aromatic heterocycles. The minimum absolute atomic E-state index is 0.631. The van der Waals surface area contributed by atoms with Gasteiger partial charge in [0.25, 0.3) is 0 Å². The van der Waals surface area contributed by atoms with E-state index in [2.05, 4.69) is 64.2 Å². The Labute approximate surface area is 119 Å². The summed E-state index contributed by atoms with van der Waals surface area (Å²) in [6, 6.07) is 13.4. The van der Waals surface area contributed by atoms with Crippen LogP contribution in [0.1, 0.15) is 30.0 Å². The molecule has 0 unspecified atom stereocenters. The Kier molecular flexibility index (Phi) is 4.11. The van der Waals surface area contributed by atoms with Gasteiger partial charge in [-0.05, 0) is 47.3 Å². The maximum absolute atomic E-state index is 2.58. The van der Waals surface area contributed by atoms with Crippen LogP contribution in [0.2, 0.25) is 0 Å². The zero-order valence-corrected chi connectivity index (χ0v) is 11.9. The lowest BCUT2D eigenvalue weighted by Crippen LogP contribution is -2.22. The fraction of sp³-hybridized carbons (Fsp3) is 0.294. The maximum Gasteiger partial charge on any atom is 0.0360 e. The van der Waals surface area contributed by atoms with Gasteiger partial charge < -0.3 is 0 Å². The average molecular weight is 269 g/mol. The van der Waals surface area contributed by atoms with Crippen molar-refractivity contribution in [3.63, 3.8) is 0 Å². The van der Waals surface area contributed by atoms with Crippen LogP contribution >= 0.6 is 11.3 Å². The maximum atomic E-state index is 2.58. The zero-order chi connectivity index (χ0) is 12.9. The highest BCUT2D eigenvalue weighted by Gasteiger charge is 2.24. The van der Waals surface area contributed by atoms with E-state index in [9.17, 15) is 0 Å². The Bertz CT molecular complexity index is 515. The highest BCUT2D eigenvalue weighted by molar-refractivity contribution is 7.07. The van der Waals surface area contributed by atoms with Crippen molar-refractivity contribution in [2.75, 3.05) is 13.1 Å². The SMILES string of the molecule is C(=C/c1ccccc1)/CN1CCC[C@@H]1c1ccsc1. The van der Waals surface area contributed by atoms with Gasteiger partial charge in [0.2, 0.25) is 0 Å². The van der Waals surface area contributed by atoms with Crippen LogP contribution in [0.3, 0.4) is 0 Å². The van der Waals surface area contributed by atoms with Crippen molar-refractivity contribution in [2.45, 2.75) is 18.9 Å². The van der Waals surface area contributed by atoms with Gasteiger partial charge in [-0.2, -0.15) is 11.3 Å². The third kappa shape index (κ3) is 3.14. The number of likely N-dealkylation sites (tertiary alicyclic amines) is 1. The third-order valence-electron chi connectivity index (χ3n) is 3.74. The Morgan fingerprint density at radius 1 is 1.21 bits per heavy atom. The summed E-state index contributed by atoms with van der Waals surface area (Å²) >= 11 is 1.80. The molecule has 1 nitrogen and oxygen atoms in total. The zero-order valence-electron chi connectivity index (χ0n) is 11.0. The summed E-state index contributed by atoms with van der Waals surface area (Å²) in [5.41, 5.74) is 2.78. The van der Waals surface area contributed by atoms with E-state index in [4.69, 9.17) is 0 Å². The van der Waals surface area contributed by atoms with Gasteiger partial charge in [0.15, 0.2) is 0 Å². The van der Waals surface area contributed by atoms with Gasteiger partial charge in [-0.3, -0.25) is 4.90 Å². The summed E-state index contributed by atoms with van der Waals surface area (Å²) in [4.78, 5) is 2.58. The average Bonchev–Trinajstić information content (AvgIpc) is 3.10. The number of benzene rings is 1. The number of thiophene rings is 1. The van der Waals surface area contributed by atoms with Crippen molar-refractivity contribution in [2.24, 2.45) is 0 Å². The molecule has 0 radical (unpaired) electrons. The molecule has 0 saturated carbocycles. The monoisotopic (exact) mass is 269 g/mol. The number of hydrogen-bond donors (Lipinski definition) is 0. The van der Waals surface area contributed by atoms with E-state index in [-0.39, 0.29) is 0 Å².